The molecule has 1 heterocycles. The first-order chi connectivity index (χ1) is 11.1. The maximum absolute atomic E-state index is 12.5. The third kappa shape index (κ3) is 3.63. The average molecular weight is 318 g/mol. The number of carbonyl (C=O) groups is 1. The molecule has 0 saturated heterocycles. The summed E-state index contributed by atoms with van der Waals surface area (Å²) < 4.78 is 20.6. The summed E-state index contributed by atoms with van der Waals surface area (Å²) in [5, 5.41) is 2.74. The second kappa shape index (κ2) is 7.35. The molecular formula is C16H18N2O5. The number of hydrogen-bond acceptors (Lipinski definition) is 6. The lowest BCUT2D eigenvalue weighted by molar-refractivity contribution is 0.102. The van der Waals surface area contributed by atoms with Crippen molar-refractivity contribution in [2.75, 3.05) is 33.8 Å². The van der Waals surface area contributed by atoms with Crippen LogP contribution in [0.2, 0.25) is 0 Å². The predicted octanol–water partition coefficient (Wildman–Crippen LogP) is 2.37. The molecule has 1 N–H and O–H groups in total. The van der Waals surface area contributed by atoms with E-state index in [-0.39, 0.29) is 5.91 Å². The van der Waals surface area contributed by atoms with Gasteiger partial charge in [0.25, 0.3) is 5.91 Å². The number of ether oxygens (including phenoxy) is 4. The molecule has 0 radical (unpaired) electrons. The summed E-state index contributed by atoms with van der Waals surface area (Å²) in [6.45, 7) is 0. The van der Waals surface area contributed by atoms with Gasteiger partial charge in [-0.3, -0.25) is 4.79 Å². The minimum absolute atomic E-state index is 0.320. The largest absolute Gasteiger partial charge is 0.496 e. The summed E-state index contributed by atoms with van der Waals surface area (Å²) in [5.74, 6) is 1.40. The Balaban J connectivity index is 2.29. The van der Waals surface area contributed by atoms with Gasteiger partial charge in [-0.25, -0.2) is 4.98 Å². The highest BCUT2D eigenvalue weighted by Crippen LogP contribution is 2.34. The molecule has 0 aliphatic rings. The van der Waals surface area contributed by atoms with Crippen LogP contribution in [0.15, 0.2) is 30.5 Å². The summed E-state index contributed by atoms with van der Waals surface area (Å²) >= 11 is 0. The number of anilines is 1. The molecule has 7 heteroatoms. The molecule has 122 valence electrons. The normalized spacial score (nSPS) is 9.91. The molecule has 0 atom stereocenters. The van der Waals surface area contributed by atoms with Crippen molar-refractivity contribution in [3.05, 3.63) is 36.0 Å². The van der Waals surface area contributed by atoms with Crippen LogP contribution in [-0.4, -0.2) is 39.3 Å². The van der Waals surface area contributed by atoms with E-state index in [1.807, 2.05) is 0 Å². The fraction of sp³-hybridized carbons (Fsp3) is 0.250. The Morgan fingerprint density at radius 1 is 0.913 bits per heavy atom. The van der Waals surface area contributed by atoms with Crippen LogP contribution in [0.3, 0.4) is 0 Å². The third-order valence-corrected chi connectivity index (χ3v) is 3.15. The average Bonchev–Trinajstić information content (AvgIpc) is 2.60. The van der Waals surface area contributed by atoms with Crippen LogP contribution in [-0.2, 0) is 0 Å². The van der Waals surface area contributed by atoms with E-state index in [1.165, 1.54) is 34.6 Å². The lowest BCUT2D eigenvalue weighted by atomic mass is 10.1. The van der Waals surface area contributed by atoms with E-state index in [0.29, 0.717) is 34.4 Å². The zero-order chi connectivity index (χ0) is 16.8. The summed E-state index contributed by atoms with van der Waals surface area (Å²) in [6.07, 6.45) is 1.50. The monoisotopic (exact) mass is 318 g/mol. The van der Waals surface area contributed by atoms with Crippen molar-refractivity contribution in [2.24, 2.45) is 0 Å². The van der Waals surface area contributed by atoms with E-state index in [2.05, 4.69) is 10.3 Å². The molecule has 0 fully saturated rings. The van der Waals surface area contributed by atoms with Gasteiger partial charge in [-0.1, -0.05) is 0 Å². The molecule has 0 spiro atoms. The Kier molecular flexibility index (Phi) is 5.24. The highest BCUT2D eigenvalue weighted by molar-refractivity contribution is 6.06. The first-order valence-corrected chi connectivity index (χ1v) is 6.74. The van der Waals surface area contributed by atoms with Crippen LogP contribution in [0.5, 0.6) is 23.1 Å². The van der Waals surface area contributed by atoms with Crippen molar-refractivity contribution in [1.29, 1.82) is 0 Å². The van der Waals surface area contributed by atoms with E-state index in [9.17, 15) is 4.79 Å². The summed E-state index contributed by atoms with van der Waals surface area (Å²) in [4.78, 5) is 16.5. The zero-order valence-electron chi connectivity index (χ0n) is 13.4. The quantitative estimate of drug-likeness (QED) is 0.881. The maximum atomic E-state index is 12.5. The van der Waals surface area contributed by atoms with Gasteiger partial charge in [0.05, 0.1) is 45.9 Å². The lowest BCUT2D eigenvalue weighted by Gasteiger charge is -2.14. The van der Waals surface area contributed by atoms with Gasteiger partial charge >= 0.3 is 0 Å². The van der Waals surface area contributed by atoms with Crippen LogP contribution in [0.4, 0.5) is 5.69 Å². The number of carbonyl (C=O) groups excluding carboxylic acids is 1. The number of nitrogens with zero attached hydrogens (tertiary/aromatic N) is 1. The third-order valence-electron chi connectivity index (χ3n) is 3.15. The van der Waals surface area contributed by atoms with Gasteiger partial charge in [0.15, 0.2) is 11.5 Å². The van der Waals surface area contributed by atoms with Gasteiger partial charge in [-0.15, -0.1) is 0 Å². The number of pyridine rings is 1. The highest BCUT2D eigenvalue weighted by atomic mass is 16.5. The van der Waals surface area contributed by atoms with Crippen LogP contribution in [0.1, 0.15) is 10.4 Å². The van der Waals surface area contributed by atoms with E-state index in [0.717, 1.165) is 0 Å². The van der Waals surface area contributed by atoms with E-state index < -0.39 is 0 Å². The van der Waals surface area contributed by atoms with Crippen molar-refractivity contribution in [1.82, 2.24) is 4.98 Å². The fourth-order valence-electron chi connectivity index (χ4n) is 1.98. The molecule has 0 bridgehead atoms. The Morgan fingerprint density at radius 3 is 2.09 bits per heavy atom. The second-order valence-electron chi connectivity index (χ2n) is 4.45. The molecular weight excluding hydrogens is 300 g/mol. The molecule has 0 saturated carbocycles. The number of methoxy groups -OCH3 is 4. The van der Waals surface area contributed by atoms with Crippen LogP contribution < -0.4 is 24.3 Å². The molecule has 2 aromatic rings. The topological polar surface area (TPSA) is 78.9 Å². The summed E-state index contributed by atoms with van der Waals surface area (Å²) in [6, 6.07) is 6.50. The smallest absolute Gasteiger partial charge is 0.259 e. The highest BCUT2D eigenvalue weighted by Gasteiger charge is 2.18. The van der Waals surface area contributed by atoms with Gasteiger partial charge in [-0.2, -0.15) is 0 Å². The molecule has 1 amide bonds. The Morgan fingerprint density at radius 2 is 1.57 bits per heavy atom. The molecule has 7 nitrogen and oxygen atoms in total. The van der Waals surface area contributed by atoms with Crippen molar-refractivity contribution in [2.45, 2.75) is 0 Å². The number of aromatic nitrogens is 1. The Hall–Kier alpha value is -2.96. The lowest BCUT2D eigenvalue weighted by Crippen LogP contribution is -2.14. The second-order valence-corrected chi connectivity index (χ2v) is 4.45. The summed E-state index contributed by atoms with van der Waals surface area (Å²) in [5.41, 5.74) is 0.855. The summed E-state index contributed by atoms with van der Waals surface area (Å²) in [7, 11) is 6.02. The molecule has 2 rings (SSSR count). The van der Waals surface area contributed by atoms with Crippen LogP contribution in [0.25, 0.3) is 0 Å². The Bertz CT molecular complexity index is 686. The van der Waals surface area contributed by atoms with Gasteiger partial charge in [0.2, 0.25) is 5.88 Å². The molecule has 0 aliphatic heterocycles. The first-order valence-electron chi connectivity index (χ1n) is 6.74. The van der Waals surface area contributed by atoms with E-state index in [4.69, 9.17) is 18.9 Å². The first kappa shape index (κ1) is 16.4. The number of benzene rings is 1. The molecule has 1 aromatic carbocycles. The SMILES string of the molecule is COc1ccc(NC(=O)c2cc(OC)c(OC)cc2OC)cn1. The number of nitrogens with one attached hydrogen (secondary N) is 1. The van der Waals surface area contributed by atoms with Crippen LogP contribution in [0, 0.1) is 0 Å². The van der Waals surface area contributed by atoms with E-state index in [1.54, 1.807) is 24.3 Å². The van der Waals surface area contributed by atoms with Crippen LogP contribution >= 0.6 is 0 Å². The Labute approximate surface area is 134 Å². The zero-order valence-corrected chi connectivity index (χ0v) is 13.4. The maximum Gasteiger partial charge on any atom is 0.259 e. The van der Waals surface area contributed by atoms with Gasteiger partial charge < -0.3 is 24.3 Å². The van der Waals surface area contributed by atoms with Gasteiger partial charge in [0.1, 0.15) is 5.75 Å². The number of hydrogen-bond donors (Lipinski definition) is 1. The van der Waals surface area contributed by atoms with Crippen molar-refractivity contribution in [3.63, 3.8) is 0 Å². The van der Waals surface area contributed by atoms with Crippen molar-refractivity contribution < 1.29 is 23.7 Å². The standard InChI is InChI=1S/C16H18N2O5/c1-20-12-8-14(22-3)13(21-2)7-11(12)16(19)18-10-5-6-15(23-4)17-9-10/h5-9H,1-4H3,(H,18,19). The molecule has 0 unspecified atom stereocenters. The molecule has 23 heavy (non-hydrogen) atoms. The minimum atomic E-state index is -0.352. The molecule has 0 aliphatic carbocycles. The number of amides is 1. The van der Waals surface area contributed by atoms with E-state index >= 15 is 0 Å². The minimum Gasteiger partial charge on any atom is -0.496 e. The van der Waals surface area contributed by atoms with Gasteiger partial charge in [0, 0.05) is 18.2 Å². The predicted molar refractivity (Wildman–Crippen MR) is 84.8 cm³/mol. The van der Waals surface area contributed by atoms with Gasteiger partial charge in [-0.05, 0) is 6.07 Å². The van der Waals surface area contributed by atoms with Crippen molar-refractivity contribution in [3.8, 4) is 23.1 Å². The van der Waals surface area contributed by atoms with Crippen molar-refractivity contribution >= 4 is 11.6 Å². The fourth-order valence-corrected chi connectivity index (χ4v) is 1.98. The number of rotatable bonds is 6. The molecule has 1 aromatic heterocycles.